The summed E-state index contributed by atoms with van der Waals surface area (Å²) < 4.78 is 25.0. The first kappa shape index (κ1) is 21.8. The molecule has 0 bridgehead atoms. The van der Waals surface area contributed by atoms with E-state index in [9.17, 15) is 18.0 Å². The second-order valence-electron chi connectivity index (χ2n) is 7.58. The number of piperidine rings is 1. The number of para-hydroxylation sites is 1. The van der Waals surface area contributed by atoms with Crippen LogP contribution < -0.4 is 9.62 Å². The lowest BCUT2D eigenvalue weighted by molar-refractivity contribution is 0.0725. The highest BCUT2D eigenvalue weighted by Crippen LogP contribution is 2.25. The minimum absolute atomic E-state index is 0.0907. The van der Waals surface area contributed by atoms with E-state index in [-0.39, 0.29) is 5.91 Å². The van der Waals surface area contributed by atoms with Crippen LogP contribution in [0.25, 0.3) is 0 Å². The van der Waals surface area contributed by atoms with Gasteiger partial charge in [-0.15, -0.1) is 0 Å². The van der Waals surface area contributed by atoms with Crippen LogP contribution >= 0.6 is 0 Å². The predicted octanol–water partition coefficient (Wildman–Crippen LogP) is 3.27. The summed E-state index contributed by atoms with van der Waals surface area (Å²) in [5.74, 6) is -0.496. The van der Waals surface area contributed by atoms with E-state index in [0.29, 0.717) is 22.5 Å². The summed E-state index contributed by atoms with van der Waals surface area (Å²) in [6.45, 7) is 3.23. The minimum Gasteiger partial charge on any atom is -0.339 e. The van der Waals surface area contributed by atoms with E-state index in [2.05, 4.69) is 5.32 Å². The van der Waals surface area contributed by atoms with Crippen LogP contribution in [-0.2, 0) is 10.0 Å². The summed E-state index contributed by atoms with van der Waals surface area (Å²) in [7, 11) is -2.01. The lowest BCUT2D eigenvalue weighted by Crippen LogP contribution is -2.36. The van der Waals surface area contributed by atoms with Crippen molar-refractivity contribution in [2.75, 3.05) is 36.0 Å². The minimum atomic E-state index is -3.46. The SMILES string of the molecule is Cc1ccc(C(=O)Nc2ccccc2C(=O)N2CCCCC2)cc1N(C)S(C)(=O)=O. The number of nitrogens with zero attached hydrogens (tertiary/aromatic N) is 2. The molecule has 0 spiro atoms. The van der Waals surface area contributed by atoms with Crippen LogP contribution in [-0.4, -0.2) is 51.5 Å². The number of anilines is 2. The number of hydrogen-bond donors (Lipinski definition) is 1. The standard InChI is InChI=1S/C22H27N3O4S/c1-16-11-12-17(15-20(16)24(2)30(3,28)29)21(26)23-19-10-6-5-9-18(19)22(27)25-13-7-4-8-14-25/h5-6,9-12,15H,4,7-8,13-14H2,1-3H3,(H,23,26). The monoisotopic (exact) mass is 429 g/mol. The lowest BCUT2D eigenvalue weighted by atomic mass is 10.1. The molecule has 30 heavy (non-hydrogen) atoms. The number of aryl methyl sites for hydroxylation is 1. The van der Waals surface area contributed by atoms with Gasteiger partial charge in [-0.05, 0) is 56.0 Å². The third-order valence-corrected chi connectivity index (χ3v) is 6.55. The fourth-order valence-corrected chi connectivity index (χ4v) is 4.06. The average molecular weight is 430 g/mol. The van der Waals surface area contributed by atoms with Crippen molar-refractivity contribution in [3.8, 4) is 0 Å². The Labute approximate surface area is 177 Å². The number of rotatable bonds is 5. The van der Waals surface area contributed by atoms with Gasteiger partial charge in [0.25, 0.3) is 11.8 Å². The Bertz CT molecular complexity index is 1060. The van der Waals surface area contributed by atoms with Gasteiger partial charge >= 0.3 is 0 Å². The maximum Gasteiger partial charge on any atom is 0.255 e. The Morgan fingerprint density at radius 1 is 1.03 bits per heavy atom. The Kier molecular flexibility index (Phi) is 6.45. The van der Waals surface area contributed by atoms with Gasteiger partial charge in [-0.2, -0.15) is 0 Å². The highest BCUT2D eigenvalue weighted by molar-refractivity contribution is 7.92. The molecule has 1 heterocycles. The zero-order valence-corrected chi connectivity index (χ0v) is 18.3. The van der Waals surface area contributed by atoms with E-state index < -0.39 is 15.9 Å². The lowest BCUT2D eigenvalue weighted by Gasteiger charge is -2.27. The van der Waals surface area contributed by atoms with Gasteiger partial charge in [0.1, 0.15) is 0 Å². The van der Waals surface area contributed by atoms with E-state index in [0.717, 1.165) is 48.5 Å². The molecule has 1 aliphatic rings. The number of amides is 2. The summed E-state index contributed by atoms with van der Waals surface area (Å²) in [6, 6.07) is 11.8. The van der Waals surface area contributed by atoms with Gasteiger partial charge in [0.2, 0.25) is 10.0 Å². The fourth-order valence-electron chi connectivity index (χ4n) is 3.51. The molecule has 3 rings (SSSR count). The summed E-state index contributed by atoms with van der Waals surface area (Å²) in [5.41, 5.74) is 2.37. The molecule has 0 aliphatic carbocycles. The summed E-state index contributed by atoms with van der Waals surface area (Å²) in [5, 5.41) is 2.82. The molecule has 1 aliphatic heterocycles. The first-order chi connectivity index (χ1) is 14.2. The molecular weight excluding hydrogens is 402 g/mol. The van der Waals surface area contributed by atoms with Crippen molar-refractivity contribution in [3.63, 3.8) is 0 Å². The Morgan fingerprint density at radius 3 is 2.37 bits per heavy atom. The molecule has 1 fully saturated rings. The number of carbonyl (C=O) groups excluding carboxylic acids is 2. The number of benzene rings is 2. The van der Waals surface area contributed by atoms with Gasteiger partial charge in [-0.25, -0.2) is 8.42 Å². The number of nitrogens with one attached hydrogen (secondary N) is 1. The van der Waals surface area contributed by atoms with Crippen molar-refractivity contribution in [1.82, 2.24) is 4.90 Å². The summed E-state index contributed by atoms with van der Waals surface area (Å²) in [6.07, 6.45) is 4.21. The number of sulfonamides is 1. The first-order valence-electron chi connectivity index (χ1n) is 9.92. The Morgan fingerprint density at radius 2 is 1.70 bits per heavy atom. The molecule has 0 saturated carbocycles. The molecule has 8 heteroatoms. The number of hydrogen-bond acceptors (Lipinski definition) is 4. The van der Waals surface area contributed by atoms with Gasteiger partial charge in [-0.1, -0.05) is 18.2 Å². The largest absolute Gasteiger partial charge is 0.339 e. The second kappa shape index (κ2) is 8.87. The maximum atomic E-state index is 12.9. The second-order valence-corrected chi connectivity index (χ2v) is 9.60. The molecule has 1 N–H and O–H groups in total. The first-order valence-corrected chi connectivity index (χ1v) is 11.8. The molecular formula is C22H27N3O4S. The van der Waals surface area contributed by atoms with E-state index in [4.69, 9.17) is 0 Å². The third kappa shape index (κ3) is 4.81. The van der Waals surface area contributed by atoms with Crippen molar-refractivity contribution in [3.05, 3.63) is 59.2 Å². The zero-order chi connectivity index (χ0) is 21.9. The quantitative estimate of drug-likeness (QED) is 0.790. The zero-order valence-electron chi connectivity index (χ0n) is 17.5. The third-order valence-electron chi connectivity index (χ3n) is 5.36. The molecule has 7 nitrogen and oxygen atoms in total. The average Bonchev–Trinajstić information content (AvgIpc) is 2.73. The van der Waals surface area contributed by atoms with Crippen molar-refractivity contribution in [2.45, 2.75) is 26.2 Å². The number of carbonyl (C=O) groups is 2. The van der Waals surface area contributed by atoms with Crippen LogP contribution in [0.2, 0.25) is 0 Å². The maximum absolute atomic E-state index is 12.9. The summed E-state index contributed by atoms with van der Waals surface area (Å²) in [4.78, 5) is 27.7. The molecule has 0 unspecified atom stereocenters. The van der Waals surface area contributed by atoms with Crippen molar-refractivity contribution < 1.29 is 18.0 Å². The van der Waals surface area contributed by atoms with E-state index in [1.807, 2.05) is 4.90 Å². The van der Waals surface area contributed by atoms with Crippen LogP contribution in [0.5, 0.6) is 0 Å². The molecule has 2 aromatic rings. The molecule has 160 valence electrons. The molecule has 2 amide bonds. The molecule has 2 aromatic carbocycles. The smallest absolute Gasteiger partial charge is 0.255 e. The normalized spacial score (nSPS) is 14.3. The Balaban J connectivity index is 1.86. The van der Waals surface area contributed by atoms with Gasteiger partial charge in [0, 0.05) is 25.7 Å². The molecule has 0 aromatic heterocycles. The van der Waals surface area contributed by atoms with Gasteiger partial charge in [-0.3, -0.25) is 13.9 Å². The van der Waals surface area contributed by atoms with E-state index >= 15 is 0 Å². The van der Waals surface area contributed by atoms with Crippen molar-refractivity contribution >= 4 is 33.2 Å². The number of likely N-dealkylation sites (tertiary alicyclic amines) is 1. The molecule has 1 saturated heterocycles. The fraction of sp³-hybridized carbons (Fsp3) is 0.364. The van der Waals surface area contributed by atoms with E-state index in [1.54, 1.807) is 49.4 Å². The van der Waals surface area contributed by atoms with Crippen LogP contribution in [0.1, 0.15) is 45.5 Å². The van der Waals surface area contributed by atoms with Gasteiger partial charge in [0.05, 0.1) is 23.2 Å². The van der Waals surface area contributed by atoms with Gasteiger partial charge < -0.3 is 10.2 Å². The van der Waals surface area contributed by atoms with Crippen LogP contribution in [0.3, 0.4) is 0 Å². The predicted molar refractivity (Wildman–Crippen MR) is 119 cm³/mol. The van der Waals surface area contributed by atoms with Crippen molar-refractivity contribution in [1.29, 1.82) is 0 Å². The van der Waals surface area contributed by atoms with Crippen LogP contribution in [0, 0.1) is 6.92 Å². The van der Waals surface area contributed by atoms with E-state index in [1.165, 1.54) is 7.05 Å². The molecule has 0 radical (unpaired) electrons. The Hall–Kier alpha value is -2.87. The topological polar surface area (TPSA) is 86.8 Å². The highest BCUT2D eigenvalue weighted by Gasteiger charge is 2.22. The highest BCUT2D eigenvalue weighted by atomic mass is 32.2. The van der Waals surface area contributed by atoms with Crippen LogP contribution in [0.4, 0.5) is 11.4 Å². The molecule has 0 atom stereocenters. The van der Waals surface area contributed by atoms with Crippen molar-refractivity contribution in [2.24, 2.45) is 0 Å². The van der Waals surface area contributed by atoms with Gasteiger partial charge in [0.15, 0.2) is 0 Å². The van der Waals surface area contributed by atoms with Crippen LogP contribution in [0.15, 0.2) is 42.5 Å². The summed E-state index contributed by atoms with van der Waals surface area (Å²) >= 11 is 0.